The lowest BCUT2D eigenvalue weighted by atomic mass is 10.1. The molecule has 19 heavy (non-hydrogen) atoms. The van der Waals surface area contributed by atoms with Gasteiger partial charge in [0.1, 0.15) is 4.90 Å². The highest BCUT2D eigenvalue weighted by Crippen LogP contribution is 2.24. The molecular formula is C12H20N4O2S. The summed E-state index contributed by atoms with van der Waals surface area (Å²) in [5.41, 5.74) is 6.51. The maximum atomic E-state index is 11.5. The standard InChI is InChI=1S/C12H20N4O2S/c1-16-5-4-9(8-16)7-15-11-3-2-10(13)6-12(11)19(14,17)18/h2-3,6,9,15H,4-5,7-8,13H2,1H3,(H2,14,17,18). The Balaban J connectivity index is 2.12. The Morgan fingerprint density at radius 3 is 2.79 bits per heavy atom. The number of benzene rings is 1. The lowest BCUT2D eigenvalue weighted by Crippen LogP contribution is -2.21. The summed E-state index contributed by atoms with van der Waals surface area (Å²) in [6.45, 7) is 2.83. The van der Waals surface area contributed by atoms with Gasteiger partial charge in [-0.05, 0) is 44.1 Å². The first kappa shape index (κ1) is 14.1. The Morgan fingerprint density at radius 1 is 1.47 bits per heavy atom. The summed E-state index contributed by atoms with van der Waals surface area (Å²) >= 11 is 0. The minimum absolute atomic E-state index is 0.0545. The molecular weight excluding hydrogens is 264 g/mol. The van der Waals surface area contributed by atoms with Crippen molar-refractivity contribution in [3.8, 4) is 0 Å². The minimum Gasteiger partial charge on any atom is -0.399 e. The molecule has 1 aliphatic rings. The summed E-state index contributed by atoms with van der Waals surface area (Å²) in [6, 6.07) is 4.71. The molecule has 0 radical (unpaired) electrons. The van der Waals surface area contributed by atoms with Crippen molar-refractivity contribution in [1.29, 1.82) is 0 Å². The van der Waals surface area contributed by atoms with E-state index in [2.05, 4.69) is 17.3 Å². The topological polar surface area (TPSA) is 101 Å². The first-order valence-electron chi connectivity index (χ1n) is 6.21. The number of rotatable bonds is 4. The summed E-state index contributed by atoms with van der Waals surface area (Å²) in [5.74, 6) is 0.524. The van der Waals surface area contributed by atoms with Gasteiger partial charge in [0.25, 0.3) is 0 Å². The van der Waals surface area contributed by atoms with Gasteiger partial charge in [-0.1, -0.05) is 0 Å². The molecule has 6 nitrogen and oxygen atoms in total. The van der Waals surface area contributed by atoms with E-state index in [-0.39, 0.29) is 4.90 Å². The predicted molar refractivity (Wildman–Crippen MR) is 76.3 cm³/mol. The Bertz CT molecular complexity index is 559. The maximum Gasteiger partial charge on any atom is 0.240 e. The van der Waals surface area contributed by atoms with Gasteiger partial charge in [-0.3, -0.25) is 0 Å². The van der Waals surface area contributed by atoms with Crippen LogP contribution < -0.4 is 16.2 Å². The first-order valence-corrected chi connectivity index (χ1v) is 7.75. The molecule has 7 heteroatoms. The molecule has 1 unspecified atom stereocenters. The van der Waals surface area contributed by atoms with Crippen molar-refractivity contribution in [3.05, 3.63) is 18.2 Å². The molecule has 0 aliphatic carbocycles. The number of anilines is 2. The minimum atomic E-state index is -3.77. The second-order valence-electron chi connectivity index (χ2n) is 5.10. The molecule has 0 bridgehead atoms. The molecule has 1 heterocycles. The van der Waals surface area contributed by atoms with Crippen molar-refractivity contribution in [2.24, 2.45) is 11.1 Å². The molecule has 2 rings (SSSR count). The van der Waals surface area contributed by atoms with E-state index in [9.17, 15) is 8.42 Å². The summed E-state index contributed by atoms with van der Waals surface area (Å²) in [6.07, 6.45) is 1.11. The lowest BCUT2D eigenvalue weighted by Gasteiger charge is -2.15. The third kappa shape index (κ3) is 3.59. The number of sulfonamides is 1. The van der Waals surface area contributed by atoms with E-state index >= 15 is 0 Å². The fraction of sp³-hybridized carbons (Fsp3) is 0.500. The highest BCUT2D eigenvalue weighted by atomic mass is 32.2. The molecule has 1 aromatic carbocycles. The van der Waals surface area contributed by atoms with Crippen molar-refractivity contribution < 1.29 is 8.42 Å². The van der Waals surface area contributed by atoms with Crippen LogP contribution in [0.5, 0.6) is 0 Å². The van der Waals surface area contributed by atoms with Gasteiger partial charge in [0, 0.05) is 18.8 Å². The Hall–Kier alpha value is -1.31. The molecule has 0 aromatic heterocycles. The molecule has 1 atom stereocenters. The second kappa shape index (κ2) is 5.36. The average Bonchev–Trinajstić information content (AvgIpc) is 2.72. The molecule has 1 saturated heterocycles. The van der Waals surface area contributed by atoms with Crippen molar-refractivity contribution in [2.75, 3.05) is 37.7 Å². The van der Waals surface area contributed by atoms with Gasteiger partial charge in [-0.15, -0.1) is 0 Å². The third-order valence-corrected chi connectivity index (χ3v) is 4.33. The third-order valence-electron chi connectivity index (χ3n) is 3.38. The van der Waals surface area contributed by atoms with Gasteiger partial charge >= 0.3 is 0 Å². The molecule has 0 saturated carbocycles. The van der Waals surface area contributed by atoms with E-state index in [1.807, 2.05) is 0 Å². The first-order chi connectivity index (χ1) is 8.86. The van der Waals surface area contributed by atoms with Crippen LogP contribution in [0, 0.1) is 5.92 Å². The average molecular weight is 284 g/mol. The van der Waals surface area contributed by atoms with E-state index in [1.165, 1.54) is 6.07 Å². The number of hydrogen-bond acceptors (Lipinski definition) is 5. The molecule has 1 aromatic rings. The summed E-state index contributed by atoms with van der Waals surface area (Å²) in [4.78, 5) is 2.31. The van der Waals surface area contributed by atoms with Crippen LogP contribution in [0.2, 0.25) is 0 Å². The number of nitrogen functional groups attached to an aromatic ring is 1. The molecule has 1 aliphatic heterocycles. The van der Waals surface area contributed by atoms with Crippen LogP contribution in [0.4, 0.5) is 11.4 Å². The Morgan fingerprint density at radius 2 is 2.21 bits per heavy atom. The van der Waals surface area contributed by atoms with E-state index in [0.29, 0.717) is 17.3 Å². The van der Waals surface area contributed by atoms with Crippen LogP contribution >= 0.6 is 0 Å². The zero-order valence-electron chi connectivity index (χ0n) is 11.0. The number of nitrogens with two attached hydrogens (primary N) is 2. The van der Waals surface area contributed by atoms with E-state index in [0.717, 1.165) is 26.1 Å². The number of likely N-dealkylation sites (tertiary alicyclic amines) is 1. The molecule has 5 N–H and O–H groups in total. The Labute approximate surface area is 113 Å². The van der Waals surface area contributed by atoms with Gasteiger partial charge in [-0.2, -0.15) is 0 Å². The number of hydrogen-bond donors (Lipinski definition) is 3. The van der Waals surface area contributed by atoms with Crippen molar-refractivity contribution in [2.45, 2.75) is 11.3 Å². The van der Waals surface area contributed by atoms with Gasteiger partial charge < -0.3 is 16.0 Å². The lowest BCUT2D eigenvalue weighted by molar-refractivity contribution is 0.399. The molecule has 0 spiro atoms. The maximum absolute atomic E-state index is 11.5. The monoisotopic (exact) mass is 284 g/mol. The zero-order valence-corrected chi connectivity index (χ0v) is 11.8. The normalized spacial score (nSPS) is 20.6. The van der Waals surface area contributed by atoms with Crippen molar-refractivity contribution in [3.63, 3.8) is 0 Å². The van der Waals surface area contributed by atoms with Crippen molar-refractivity contribution in [1.82, 2.24) is 4.90 Å². The highest BCUT2D eigenvalue weighted by molar-refractivity contribution is 7.89. The van der Waals surface area contributed by atoms with Crippen LogP contribution in [0.15, 0.2) is 23.1 Å². The van der Waals surface area contributed by atoms with Gasteiger partial charge in [-0.25, -0.2) is 13.6 Å². The summed E-state index contributed by atoms with van der Waals surface area (Å²) in [5, 5.41) is 8.37. The predicted octanol–water partition coefficient (Wildman–Crippen LogP) is 0.280. The Kier molecular flexibility index (Phi) is 3.98. The van der Waals surface area contributed by atoms with Gasteiger partial charge in [0.15, 0.2) is 0 Å². The van der Waals surface area contributed by atoms with Crippen LogP contribution in [-0.2, 0) is 10.0 Å². The van der Waals surface area contributed by atoms with Gasteiger partial charge in [0.2, 0.25) is 10.0 Å². The van der Waals surface area contributed by atoms with E-state index in [4.69, 9.17) is 10.9 Å². The van der Waals surface area contributed by atoms with Gasteiger partial charge in [0.05, 0.1) is 5.69 Å². The zero-order chi connectivity index (χ0) is 14.0. The van der Waals surface area contributed by atoms with Crippen molar-refractivity contribution >= 4 is 21.4 Å². The van der Waals surface area contributed by atoms with Crippen LogP contribution in [0.25, 0.3) is 0 Å². The highest BCUT2D eigenvalue weighted by Gasteiger charge is 2.20. The van der Waals surface area contributed by atoms with Crippen LogP contribution in [0.3, 0.4) is 0 Å². The number of nitrogens with one attached hydrogen (secondary N) is 1. The molecule has 0 amide bonds. The number of primary sulfonamides is 1. The second-order valence-corrected chi connectivity index (χ2v) is 6.63. The summed E-state index contributed by atoms with van der Waals surface area (Å²) in [7, 11) is -1.68. The smallest absolute Gasteiger partial charge is 0.240 e. The molecule has 1 fully saturated rings. The fourth-order valence-electron chi connectivity index (χ4n) is 2.37. The SMILES string of the molecule is CN1CCC(CNc2ccc(N)cc2S(N)(=O)=O)C1. The van der Waals surface area contributed by atoms with Crippen LogP contribution in [0.1, 0.15) is 6.42 Å². The molecule has 106 valence electrons. The fourth-order valence-corrected chi connectivity index (χ4v) is 3.11. The van der Waals surface area contributed by atoms with Crippen LogP contribution in [-0.4, -0.2) is 40.0 Å². The number of nitrogens with zero attached hydrogens (tertiary/aromatic N) is 1. The quantitative estimate of drug-likeness (QED) is 0.689. The summed E-state index contributed by atoms with van der Waals surface area (Å²) < 4.78 is 23.1. The van der Waals surface area contributed by atoms with E-state index in [1.54, 1.807) is 12.1 Å². The largest absolute Gasteiger partial charge is 0.399 e. The van der Waals surface area contributed by atoms with E-state index < -0.39 is 10.0 Å².